The minimum Gasteiger partial charge on any atom is -0.454 e. The van der Waals surface area contributed by atoms with Crippen LogP contribution < -0.4 is 14.4 Å². The Bertz CT molecular complexity index is 1130. The summed E-state index contributed by atoms with van der Waals surface area (Å²) in [6, 6.07) is 20.1. The standard InChI is InChI=1S/C20H16N2O4S/c1-22(14-7-3-2-4-8-14)27(24,25)15-11-12-18-16(13-15)20(23)21-17-9-5-6-10-19(17)26-18/h2-13H,1H3,(H,21,23). The molecule has 7 heteroatoms. The molecule has 0 saturated heterocycles. The van der Waals surface area contributed by atoms with Crippen molar-refractivity contribution in [2.75, 3.05) is 16.7 Å². The number of carbonyl (C=O) groups is 1. The summed E-state index contributed by atoms with van der Waals surface area (Å²) in [4.78, 5) is 12.6. The predicted octanol–water partition coefficient (Wildman–Crippen LogP) is 3.87. The molecule has 1 amide bonds. The highest BCUT2D eigenvalue weighted by Crippen LogP contribution is 2.36. The fourth-order valence-electron chi connectivity index (χ4n) is 2.84. The number of nitrogens with zero attached hydrogens (tertiary/aromatic N) is 1. The molecule has 1 aliphatic heterocycles. The first kappa shape index (κ1) is 17.1. The van der Waals surface area contributed by atoms with Crippen molar-refractivity contribution in [3.05, 3.63) is 78.4 Å². The number of hydrogen-bond acceptors (Lipinski definition) is 4. The van der Waals surface area contributed by atoms with Crippen molar-refractivity contribution in [2.24, 2.45) is 0 Å². The molecule has 136 valence electrons. The van der Waals surface area contributed by atoms with Gasteiger partial charge in [0, 0.05) is 7.05 Å². The lowest BCUT2D eigenvalue weighted by molar-refractivity contribution is 0.102. The molecule has 0 atom stereocenters. The first-order valence-corrected chi connectivity index (χ1v) is 9.67. The zero-order valence-electron chi connectivity index (χ0n) is 14.4. The van der Waals surface area contributed by atoms with Gasteiger partial charge in [0.05, 0.1) is 21.8 Å². The van der Waals surface area contributed by atoms with Gasteiger partial charge in [-0.15, -0.1) is 0 Å². The van der Waals surface area contributed by atoms with Crippen LogP contribution in [-0.2, 0) is 10.0 Å². The summed E-state index contributed by atoms with van der Waals surface area (Å²) in [6.07, 6.45) is 0. The quantitative estimate of drug-likeness (QED) is 0.748. The molecule has 1 aliphatic rings. The molecule has 0 aliphatic carbocycles. The molecule has 0 bridgehead atoms. The highest BCUT2D eigenvalue weighted by atomic mass is 32.2. The summed E-state index contributed by atoms with van der Waals surface area (Å²) >= 11 is 0. The van der Waals surface area contributed by atoms with Gasteiger partial charge in [0.15, 0.2) is 5.75 Å². The van der Waals surface area contributed by atoms with Crippen LogP contribution in [0.2, 0.25) is 0 Å². The van der Waals surface area contributed by atoms with Crippen LogP contribution in [0.1, 0.15) is 10.4 Å². The Morgan fingerprint density at radius 3 is 2.37 bits per heavy atom. The number of benzene rings is 3. The zero-order chi connectivity index (χ0) is 19.0. The molecule has 0 aromatic heterocycles. The minimum atomic E-state index is -3.83. The summed E-state index contributed by atoms with van der Waals surface area (Å²) in [5, 5.41) is 2.75. The molecular weight excluding hydrogens is 364 g/mol. The molecule has 0 spiro atoms. The van der Waals surface area contributed by atoms with Crippen molar-refractivity contribution in [1.29, 1.82) is 0 Å². The molecule has 0 fully saturated rings. The average molecular weight is 380 g/mol. The van der Waals surface area contributed by atoms with E-state index in [-0.39, 0.29) is 10.5 Å². The number of amides is 1. The third-order valence-electron chi connectivity index (χ3n) is 4.33. The first-order chi connectivity index (χ1) is 13.0. The van der Waals surface area contributed by atoms with Crippen molar-refractivity contribution >= 4 is 27.3 Å². The second-order valence-corrected chi connectivity index (χ2v) is 7.99. The highest BCUT2D eigenvalue weighted by molar-refractivity contribution is 7.92. The Morgan fingerprint density at radius 2 is 1.59 bits per heavy atom. The Balaban J connectivity index is 1.75. The van der Waals surface area contributed by atoms with Gasteiger partial charge in [0.2, 0.25) is 0 Å². The van der Waals surface area contributed by atoms with Crippen LogP contribution in [0, 0.1) is 0 Å². The molecule has 0 saturated carbocycles. The Hall–Kier alpha value is -3.32. The van der Waals surface area contributed by atoms with Gasteiger partial charge in [0.25, 0.3) is 15.9 Å². The van der Waals surface area contributed by atoms with E-state index in [2.05, 4.69) is 5.32 Å². The molecule has 0 unspecified atom stereocenters. The number of fused-ring (bicyclic) bond motifs is 2. The summed E-state index contributed by atoms with van der Waals surface area (Å²) in [7, 11) is -2.36. The van der Waals surface area contributed by atoms with E-state index in [1.807, 2.05) is 6.07 Å². The lowest BCUT2D eigenvalue weighted by Gasteiger charge is -2.20. The highest BCUT2D eigenvalue weighted by Gasteiger charge is 2.26. The third-order valence-corrected chi connectivity index (χ3v) is 6.11. The van der Waals surface area contributed by atoms with Crippen molar-refractivity contribution in [1.82, 2.24) is 0 Å². The maximum absolute atomic E-state index is 13.0. The van der Waals surface area contributed by atoms with Crippen molar-refractivity contribution < 1.29 is 17.9 Å². The van der Waals surface area contributed by atoms with E-state index >= 15 is 0 Å². The summed E-state index contributed by atoms with van der Waals surface area (Å²) in [5.41, 5.74) is 1.22. The first-order valence-electron chi connectivity index (χ1n) is 8.23. The van der Waals surface area contributed by atoms with Crippen LogP contribution in [0.5, 0.6) is 11.5 Å². The minimum absolute atomic E-state index is 0.0114. The molecular formula is C20H16N2O4S. The monoisotopic (exact) mass is 380 g/mol. The van der Waals surface area contributed by atoms with Gasteiger partial charge >= 0.3 is 0 Å². The fourth-order valence-corrected chi connectivity index (χ4v) is 4.06. The number of nitrogens with one attached hydrogen (secondary N) is 1. The van der Waals surface area contributed by atoms with Crippen LogP contribution in [0.3, 0.4) is 0 Å². The molecule has 1 heterocycles. The van der Waals surface area contributed by atoms with E-state index in [9.17, 15) is 13.2 Å². The average Bonchev–Trinajstić information content (AvgIpc) is 2.83. The Kier molecular flexibility index (Phi) is 4.08. The van der Waals surface area contributed by atoms with Gasteiger partial charge in [-0.1, -0.05) is 30.3 Å². The number of para-hydroxylation sites is 3. The van der Waals surface area contributed by atoms with Crippen LogP contribution >= 0.6 is 0 Å². The van der Waals surface area contributed by atoms with Gasteiger partial charge < -0.3 is 10.1 Å². The number of carbonyl (C=O) groups excluding carboxylic acids is 1. The van der Waals surface area contributed by atoms with Crippen LogP contribution in [0.4, 0.5) is 11.4 Å². The van der Waals surface area contributed by atoms with E-state index in [0.717, 1.165) is 0 Å². The van der Waals surface area contributed by atoms with Crippen molar-refractivity contribution in [3.63, 3.8) is 0 Å². The Labute approximate surface area is 157 Å². The Morgan fingerprint density at radius 1 is 0.889 bits per heavy atom. The number of sulfonamides is 1. The molecule has 3 aromatic rings. The third kappa shape index (κ3) is 3.02. The van der Waals surface area contributed by atoms with Gasteiger partial charge in [-0.2, -0.15) is 0 Å². The fraction of sp³-hybridized carbons (Fsp3) is 0.0500. The smallest absolute Gasteiger partial charge is 0.264 e. The lowest BCUT2D eigenvalue weighted by Crippen LogP contribution is -2.26. The molecule has 1 N–H and O–H groups in total. The largest absolute Gasteiger partial charge is 0.454 e. The number of ether oxygens (including phenoxy) is 1. The van der Waals surface area contributed by atoms with Gasteiger partial charge in [0.1, 0.15) is 5.75 Å². The van der Waals surface area contributed by atoms with Gasteiger partial charge in [-0.25, -0.2) is 8.42 Å². The predicted molar refractivity (Wildman–Crippen MR) is 103 cm³/mol. The molecule has 6 nitrogen and oxygen atoms in total. The second-order valence-electron chi connectivity index (χ2n) is 6.02. The topological polar surface area (TPSA) is 75.7 Å². The SMILES string of the molecule is CN(c1ccccc1)S(=O)(=O)c1ccc2c(c1)C(=O)Nc1ccccc1O2. The van der Waals surface area contributed by atoms with E-state index < -0.39 is 15.9 Å². The maximum atomic E-state index is 13.0. The summed E-state index contributed by atoms with van der Waals surface area (Å²) in [6.45, 7) is 0. The van der Waals surface area contributed by atoms with Crippen LogP contribution in [0.25, 0.3) is 0 Å². The molecule has 27 heavy (non-hydrogen) atoms. The van der Waals surface area contributed by atoms with Gasteiger partial charge in [-0.3, -0.25) is 9.10 Å². The van der Waals surface area contributed by atoms with E-state index in [4.69, 9.17) is 4.74 Å². The normalized spacial score (nSPS) is 12.9. The summed E-state index contributed by atoms with van der Waals surface area (Å²) in [5.74, 6) is 0.384. The van der Waals surface area contributed by atoms with Gasteiger partial charge in [-0.05, 0) is 42.5 Å². The van der Waals surface area contributed by atoms with E-state index in [1.54, 1.807) is 48.5 Å². The molecule has 0 radical (unpaired) electrons. The van der Waals surface area contributed by atoms with E-state index in [0.29, 0.717) is 22.9 Å². The lowest BCUT2D eigenvalue weighted by atomic mass is 10.2. The van der Waals surface area contributed by atoms with Crippen LogP contribution in [-0.4, -0.2) is 21.4 Å². The maximum Gasteiger partial charge on any atom is 0.264 e. The molecule has 4 rings (SSSR count). The second kappa shape index (κ2) is 6.44. The number of anilines is 2. The summed E-state index contributed by atoms with van der Waals surface area (Å²) < 4.78 is 32.9. The van der Waals surface area contributed by atoms with Crippen molar-refractivity contribution in [3.8, 4) is 11.5 Å². The van der Waals surface area contributed by atoms with Crippen molar-refractivity contribution in [2.45, 2.75) is 4.90 Å². The number of rotatable bonds is 3. The zero-order valence-corrected chi connectivity index (χ0v) is 15.2. The van der Waals surface area contributed by atoms with Crippen LogP contribution in [0.15, 0.2) is 77.7 Å². The van der Waals surface area contributed by atoms with E-state index in [1.165, 1.54) is 29.6 Å². The molecule has 3 aromatic carbocycles. The number of hydrogen-bond donors (Lipinski definition) is 1.